The molecule has 2 aliphatic rings. The summed E-state index contributed by atoms with van der Waals surface area (Å²) in [7, 11) is 0. The maximum absolute atomic E-state index is 13.3. The number of nitrogens with one attached hydrogen (secondary N) is 1. The molecule has 2 atom stereocenters. The number of carbonyl (C=O) groups is 4. The second-order valence-electron chi connectivity index (χ2n) is 8.20. The number of carboxylic acids is 1. The molecular weight excluding hydrogens is 445 g/mol. The second kappa shape index (κ2) is 9.50. The van der Waals surface area contributed by atoms with Crippen LogP contribution in [-0.2, 0) is 19.1 Å². The average Bonchev–Trinajstić information content (AvgIpc) is 3.66. The molecule has 0 radical (unpaired) electrons. The number of hydrogen-bond donors (Lipinski definition) is 2. The van der Waals surface area contributed by atoms with E-state index in [4.69, 9.17) is 9.84 Å². The molecule has 0 spiro atoms. The van der Waals surface area contributed by atoms with Gasteiger partial charge in [0.1, 0.15) is 12.7 Å². The zero-order valence-corrected chi connectivity index (χ0v) is 18.4. The van der Waals surface area contributed by atoms with Crippen LogP contribution >= 0.6 is 0 Å². The number of amides is 2. The lowest BCUT2D eigenvalue weighted by Crippen LogP contribution is -2.48. The van der Waals surface area contributed by atoms with Crippen molar-refractivity contribution in [1.29, 1.82) is 0 Å². The lowest BCUT2D eigenvalue weighted by atomic mass is 10.1. The Balaban J connectivity index is 1.56. The Morgan fingerprint density at radius 2 is 1.56 bits per heavy atom. The van der Waals surface area contributed by atoms with Crippen LogP contribution in [0.4, 0.5) is 31.9 Å². The first-order chi connectivity index (χ1) is 16.3. The van der Waals surface area contributed by atoms with E-state index in [0.717, 1.165) is 24.2 Å². The maximum atomic E-state index is 13.3. The van der Waals surface area contributed by atoms with Gasteiger partial charge in [-0.1, -0.05) is 24.3 Å². The highest BCUT2D eigenvalue weighted by atomic mass is 19.1. The Morgan fingerprint density at radius 1 is 1.03 bits per heavy atom. The predicted octanol–water partition coefficient (Wildman–Crippen LogP) is 3.46. The summed E-state index contributed by atoms with van der Waals surface area (Å²) in [5, 5.41) is 11.1. The molecule has 0 aromatic heterocycles. The molecule has 4 rings (SSSR count). The lowest BCUT2D eigenvalue weighted by Gasteiger charge is -2.39. The average molecular weight is 469 g/mol. The fourth-order valence-corrected chi connectivity index (χ4v) is 3.96. The van der Waals surface area contributed by atoms with Crippen LogP contribution in [0.5, 0.6) is 0 Å². The number of carbonyl (C=O) groups excluding carboxylic acids is 3. The Labute approximate surface area is 195 Å². The van der Waals surface area contributed by atoms with Gasteiger partial charge in [0.05, 0.1) is 29.2 Å². The van der Waals surface area contributed by atoms with Crippen molar-refractivity contribution in [2.45, 2.75) is 44.4 Å². The minimum atomic E-state index is -1.56. The van der Waals surface area contributed by atoms with Crippen LogP contribution in [0.25, 0.3) is 0 Å². The van der Waals surface area contributed by atoms with Gasteiger partial charge in [-0.3, -0.25) is 14.4 Å². The molecule has 0 saturated heterocycles. The fourth-order valence-electron chi connectivity index (χ4n) is 3.96. The van der Waals surface area contributed by atoms with Crippen molar-refractivity contribution in [2.24, 2.45) is 0 Å². The molecule has 9 nitrogen and oxygen atoms in total. The van der Waals surface area contributed by atoms with Crippen LogP contribution in [0, 0.1) is 0 Å². The number of anilines is 4. The summed E-state index contributed by atoms with van der Waals surface area (Å²) in [5.74, 6) is -3.36. The first-order valence-electron chi connectivity index (χ1n) is 10.9. The molecule has 1 aliphatic carbocycles. The molecule has 2 aromatic rings. The topological polar surface area (TPSA) is 116 Å². The number of rotatable bonds is 8. The third-order valence-electron chi connectivity index (χ3n) is 5.72. The Kier molecular flexibility index (Phi) is 6.49. The van der Waals surface area contributed by atoms with Gasteiger partial charge in [0.25, 0.3) is 5.91 Å². The number of para-hydroxylation sites is 4. The molecule has 34 heavy (non-hydrogen) atoms. The summed E-state index contributed by atoms with van der Waals surface area (Å²) in [6, 6.07) is 13.5. The van der Waals surface area contributed by atoms with E-state index in [1.165, 1.54) is 11.8 Å². The number of aliphatic carboxylic acids is 1. The monoisotopic (exact) mass is 469 g/mol. The van der Waals surface area contributed by atoms with Crippen molar-refractivity contribution in [2.75, 3.05) is 16.5 Å². The Morgan fingerprint density at radius 3 is 2.03 bits per heavy atom. The summed E-state index contributed by atoms with van der Waals surface area (Å²) in [4.78, 5) is 52.0. The van der Waals surface area contributed by atoms with Gasteiger partial charge in [-0.15, -0.1) is 0 Å². The van der Waals surface area contributed by atoms with E-state index < -0.39 is 49.0 Å². The predicted molar refractivity (Wildman–Crippen MR) is 121 cm³/mol. The minimum absolute atomic E-state index is 0.337. The van der Waals surface area contributed by atoms with E-state index in [9.17, 15) is 23.6 Å². The van der Waals surface area contributed by atoms with Crippen LogP contribution in [0.3, 0.4) is 0 Å². The van der Waals surface area contributed by atoms with Crippen molar-refractivity contribution in [3.05, 3.63) is 48.5 Å². The second-order valence-corrected chi connectivity index (χ2v) is 8.20. The molecule has 2 aromatic carbocycles. The van der Waals surface area contributed by atoms with Crippen LogP contribution in [0.15, 0.2) is 48.5 Å². The van der Waals surface area contributed by atoms with Crippen LogP contribution in [-0.4, -0.2) is 53.7 Å². The van der Waals surface area contributed by atoms with Crippen molar-refractivity contribution in [3.8, 4) is 0 Å². The van der Waals surface area contributed by atoms with E-state index in [0.29, 0.717) is 17.4 Å². The molecule has 178 valence electrons. The number of hydrogen-bond acceptors (Lipinski definition) is 6. The normalized spacial score (nSPS) is 16.1. The molecule has 2 N–H and O–H groups in total. The number of halogens is 1. The van der Waals surface area contributed by atoms with Crippen LogP contribution in [0.1, 0.15) is 26.2 Å². The first kappa shape index (κ1) is 23.2. The fraction of sp³-hybridized carbons (Fsp3) is 0.333. The van der Waals surface area contributed by atoms with Gasteiger partial charge in [-0.05, 0) is 44.0 Å². The smallest absolute Gasteiger partial charge is 0.419 e. The van der Waals surface area contributed by atoms with Crippen molar-refractivity contribution < 1.29 is 33.4 Å². The summed E-state index contributed by atoms with van der Waals surface area (Å²) in [5.41, 5.74) is 2.88. The molecule has 1 heterocycles. The quantitative estimate of drug-likeness (QED) is 0.608. The number of ether oxygens (including phenoxy) is 1. The zero-order valence-electron chi connectivity index (χ0n) is 18.4. The maximum Gasteiger partial charge on any atom is 0.419 e. The number of nitrogens with zero attached hydrogens (tertiary/aromatic N) is 2. The summed E-state index contributed by atoms with van der Waals surface area (Å²) < 4.78 is 18.2. The zero-order chi connectivity index (χ0) is 24.4. The van der Waals surface area contributed by atoms with Crippen molar-refractivity contribution in [3.63, 3.8) is 0 Å². The summed E-state index contributed by atoms with van der Waals surface area (Å²) >= 11 is 0. The molecule has 0 bridgehead atoms. The Hall–Kier alpha value is -3.95. The SMILES string of the molecule is CC(OC(=O)N1c2ccccc2N(C2CC2)c2ccccc21)C(=O)NC(CC(=O)O)C(=O)CF. The van der Waals surface area contributed by atoms with E-state index in [-0.39, 0.29) is 0 Å². The van der Waals surface area contributed by atoms with E-state index in [1.807, 2.05) is 24.3 Å². The van der Waals surface area contributed by atoms with Gasteiger partial charge in [0.15, 0.2) is 11.9 Å². The van der Waals surface area contributed by atoms with E-state index in [1.54, 1.807) is 24.3 Å². The minimum Gasteiger partial charge on any atom is -0.481 e. The van der Waals surface area contributed by atoms with Gasteiger partial charge >= 0.3 is 12.1 Å². The lowest BCUT2D eigenvalue weighted by molar-refractivity contribution is -0.141. The highest BCUT2D eigenvalue weighted by molar-refractivity contribution is 6.08. The van der Waals surface area contributed by atoms with Crippen molar-refractivity contribution >= 4 is 46.5 Å². The third-order valence-corrected chi connectivity index (χ3v) is 5.72. The molecule has 1 aliphatic heterocycles. The summed E-state index contributed by atoms with van der Waals surface area (Å²) in [6.45, 7) is -0.130. The number of alkyl halides is 1. The van der Waals surface area contributed by atoms with E-state index >= 15 is 0 Å². The van der Waals surface area contributed by atoms with E-state index in [2.05, 4.69) is 10.2 Å². The number of benzene rings is 2. The molecule has 2 amide bonds. The van der Waals surface area contributed by atoms with Gasteiger partial charge in [-0.25, -0.2) is 14.1 Å². The number of fused-ring (bicyclic) bond motifs is 2. The number of carboxylic acid groups (broad SMARTS) is 1. The van der Waals surface area contributed by atoms with Crippen LogP contribution < -0.4 is 15.1 Å². The highest BCUT2D eigenvalue weighted by Gasteiger charge is 2.40. The van der Waals surface area contributed by atoms with Crippen molar-refractivity contribution in [1.82, 2.24) is 5.32 Å². The highest BCUT2D eigenvalue weighted by Crippen LogP contribution is 2.52. The largest absolute Gasteiger partial charge is 0.481 e. The molecule has 1 fully saturated rings. The summed E-state index contributed by atoms with van der Waals surface area (Å²) in [6.07, 6.45) is -0.876. The molecule has 10 heteroatoms. The molecule has 2 unspecified atom stereocenters. The van der Waals surface area contributed by atoms with Gasteiger partial charge < -0.3 is 20.1 Å². The Bertz CT molecular complexity index is 1090. The standard InChI is InChI=1S/C24H24FN3O6/c1-14(23(32)26-16(12-22(30)31)21(29)13-25)34-24(33)28-19-8-4-2-6-17(19)27(15-10-11-15)18-7-3-5-9-20(18)28/h2-9,14-16H,10-13H2,1H3,(H,26,32)(H,30,31). The number of Topliss-reactive ketones (excluding diaryl/α,β-unsaturated/α-hetero) is 1. The van der Waals surface area contributed by atoms with Gasteiger partial charge in [0, 0.05) is 6.04 Å². The number of ketones is 1. The molecule has 1 saturated carbocycles. The third kappa shape index (κ3) is 4.57. The molecular formula is C24H24FN3O6. The van der Waals surface area contributed by atoms with Crippen LogP contribution in [0.2, 0.25) is 0 Å². The van der Waals surface area contributed by atoms with Gasteiger partial charge in [-0.2, -0.15) is 0 Å². The first-order valence-corrected chi connectivity index (χ1v) is 10.9. The van der Waals surface area contributed by atoms with Gasteiger partial charge in [0.2, 0.25) is 0 Å².